The van der Waals surface area contributed by atoms with E-state index in [2.05, 4.69) is 10.3 Å². The molecular weight excluding hydrogens is 227 g/mol. The lowest BCUT2D eigenvalue weighted by Crippen LogP contribution is -2.21. The summed E-state index contributed by atoms with van der Waals surface area (Å²) in [7, 11) is 0. The first kappa shape index (κ1) is 11.0. The van der Waals surface area contributed by atoms with Gasteiger partial charge in [0.15, 0.2) is 0 Å². The van der Waals surface area contributed by atoms with Gasteiger partial charge in [-0.2, -0.15) is 0 Å². The molecule has 1 aromatic carbocycles. The van der Waals surface area contributed by atoms with Crippen LogP contribution in [0.3, 0.4) is 0 Å². The molecule has 2 rings (SSSR count). The number of thiazole rings is 1. The van der Waals surface area contributed by atoms with Gasteiger partial charge in [-0.15, -0.1) is 11.3 Å². The van der Waals surface area contributed by atoms with E-state index in [0.717, 1.165) is 5.69 Å². The lowest BCUT2D eigenvalue weighted by molar-refractivity contribution is 0.203. The third-order valence-corrected chi connectivity index (χ3v) is 2.70. The molecule has 16 heavy (non-hydrogen) atoms. The van der Waals surface area contributed by atoms with Gasteiger partial charge in [-0.3, -0.25) is 0 Å². The quantitative estimate of drug-likeness (QED) is 0.803. The maximum Gasteiger partial charge on any atom is 0.130 e. The fraction of sp³-hybridized carbons (Fsp3) is 0.182. The minimum absolute atomic E-state index is 0.292. The van der Waals surface area contributed by atoms with Gasteiger partial charge >= 0.3 is 0 Å². The predicted molar refractivity (Wildman–Crippen MR) is 61.8 cm³/mol. The Kier molecular flexibility index (Phi) is 3.48. The summed E-state index contributed by atoms with van der Waals surface area (Å²) in [5.41, 5.74) is 3.25. The van der Waals surface area contributed by atoms with Crippen molar-refractivity contribution in [3.8, 4) is 0 Å². The van der Waals surface area contributed by atoms with E-state index in [4.69, 9.17) is 0 Å². The van der Waals surface area contributed by atoms with Crippen molar-refractivity contribution in [2.75, 3.05) is 5.32 Å². The highest BCUT2D eigenvalue weighted by Crippen LogP contribution is 2.11. The average Bonchev–Trinajstić information content (AvgIpc) is 2.74. The number of rotatable bonds is 4. The Hall–Kier alpha value is -1.46. The molecule has 5 heteroatoms. The van der Waals surface area contributed by atoms with Gasteiger partial charge in [0.25, 0.3) is 0 Å². The van der Waals surface area contributed by atoms with Crippen LogP contribution in [-0.2, 0) is 6.42 Å². The molecule has 0 aliphatic rings. The van der Waals surface area contributed by atoms with Crippen LogP contribution in [-0.4, -0.2) is 16.3 Å². The van der Waals surface area contributed by atoms with Gasteiger partial charge in [-0.05, 0) is 24.3 Å². The third-order valence-electron chi connectivity index (χ3n) is 2.06. The number of aliphatic hydroxyl groups is 1. The van der Waals surface area contributed by atoms with Crippen molar-refractivity contribution in [3.63, 3.8) is 0 Å². The van der Waals surface area contributed by atoms with Crippen LogP contribution in [0, 0.1) is 5.82 Å². The number of hydrogen-bond donors (Lipinski definition) is 2. The molecule has 0 spiro atoms. The van der Waals surface area contributed by atoms with Crippen molar-refractivity contribution < 1.29 is 9.50 Å². The Morgan fingerprint density at radius 3 is 2.75 bits per heavy atom. The van der Waals surface area contributed by atoms with Crippen LogP contribution in [0.5, 0.6) is 0 Å². The van der Waals surface area contributed by atoms with Crippen LogP contribution < -0.4 is 5.32 Å². The van der Waals surface area contributed by atoms with Gasteiger partial charge in [0.05, 0.1) is 11.2 Å². The SMILES string of the molecule is OC(Cc1cscn1)Nc1ccc(F)cc1. The Morgan fingerprint density at radius 2 is 2.12 bits per heavy atom. The Morgan fingerprint density at radius 1 is 1.38 bits per heavy atom. The summed E-state index contributed by atoms with van der Waals surface area (Å²) in [5, 5.41) is 14.4. The Labute approximate surface area is 96.6 Å². The number of nitrogens with zero attached hydrogens (tertiary/aromatic N) is 1. The van der Waals surface area contributed by atoms with Crippen LogP contribution in [0.2, 0.25) is 0 Å². The summed E-state index contributed by atoms with van der Waals surface area (Å²) in [5.74, 6) is -0.292. The van der Waals surface area contributed by atoms with Gasteiger partial charge in [0, 0.05) is 17.5 Å². The van der Waals surface area contributed by atoms with E-state index < -0.39 is 6.23 Å². The molecule has 1 atom stereocenters. The van der Waals surface area contributed by atoms with E-state index >= 15 is 0 Å². The second-order valence-corrected chi connectivity index (χ2v) is 4.07. The van der Waals surface area contributed by atoms with E-state index in [-0.39, 0.29) is 5.82 Å². The smallest absolute Gasteiger partial charge is 0.130 e. The lowest BCUT2D eigenvalue weighted by Gasteiger charge is -2.12. The number of aliphatic hydroxyl groups excluding tert-OH is 1. The molecule has 84 valence electrons. The zero-order chi connectivity index (χ0) is 11.4. The summed E-state index contributed by atoms with van der Waals surface area (Å²) >= 11 is 1.49. The van der Waals surface area contributed by atoms with E-state index in [0.29, 0.717) is 12.1 Å². The highest BCUT2D eigenvalue weighted by molar-refractivity contribution is 7.07. The van der Waals surface area contributed by atoms with Crippen LogP contribution in [0.15, 0.2) is 35.2 Å². The minimum atomic E-state index is -0.715. The topological polar surface area (TPSA) is 45.2 Å². The molecule has 0 radical (unpaired) electrons. The zero-order valence-corrected chi connectivity index (χ0v) is 9.25. The summed E-state index contributed by atoms with van der Waals surface area (Å²) in [6, 6.07) is 5.86. The van der Waals surface area contributed by atoms with Crippen molar-refractivity contribution in [2.24, 2.45) is 0 Å². The van der Waals surface area contributed by atoms with Crippen LogP contribution in [0.25, 0.3) is 0 Å². The first-order chi connectivity index (χ1) is 7.74. The van der Waals surface area contributed by atoms with Gasteiger partial charge in [-0.1, -0.05) is 0 Å². The molecule has 2 N–H and O–H groups in total. The highest BCUT2D eigenvalue weighted by atomic mass is 32.1. The van der Waals surface area contributed by atoms with Gasteiger partial charge in [0.1, 0.15) is 12.0 Å². The molecule has 0 saturated heterocycles. The standard InChI is InChI=1S/C11H11FN2OS/c12-8-1-3-9(4-2-8)14-11(15)5-10-6-16-7-13-10/h1-4,6-7,11,14-15H,5H2. The number of halogens is 1. The molecule has 0 aliphatic heterocycles. The normalized spacial score (nSPS) is 12.4. The van der Waals surface area contributed by atoms with Gasteiger partial charge in [0.2, 0.25) is 0 Å². The third kappa shape index (κ3) is 3.01. The largest absolute Gasteiger partial charge is 0.373 e. The summed E-state index contributed by atoms with van der Waals surface area (Å²) in [4.78, 5) is 4.07. The number of anilines is 1. The molecule has 0 saturated carbocycles. The van der Waals surface area contributed by atoms with Crippen molar-refractivity contribution >= 4 is 17.0 Å². The maximum atomic E-state index is 12.6. The molecular formula is C11H11FN2OS. The van der Waals surface area contributed by atoms with Gasteiger partial charge in [-0.25, -0.2) is 9.37 Å². The number of nitrogens with one attached hydrogen (secondary N) is 1. The molecule has 0 amide bonds. The first-order valence-electron chi connectivity index (χ1n) is 4.81. The van der Waals surface area contributed by atoms with E-state index in [9.17, 15) is 9.50 Å². The average molecular weight is 238 g/mol. The molecule has 1 heterocycles. The number of hydrogen-bond acceptors (Lipinski definition) is 4. The first-order valence-corrected chi connectivity index (χ1v) is 5.75. The molecule has 0 bridgehead atoms. The maximum absolute atomic E-state index is 12.6. The fourth-order valence-electron chi connectivity index (χ4n) is 1.33. The summed E-state index contributed by atoms with van der Waals surface area (Å²) in [6.07, 6.45) is -0.284. The monoisotopic (exact) mass is 238 g/mol. The number of aromatic nitrogens is 1. The van der Waals surface area contributed by atoms with Crippen LogP contribution in [0.1, 0.15) is 5.69 Å². The van der Waals surface area contributed by atoms with Crippen molar-refractivity contribution in [2.45, 2.75) is 12.6 Å². The van der Waals surface area contributed by atoms with Gasteiger partial charge < -0.3 is 10.4 Å². The summed E-state index contributed by atoms with van der Waals surface area (Å²) in [6.45, 7) is 0. The van der Waals surface area contributed by atoms with E-state index in [1.165, 1.54) is 23.5 Å². The second kappa shape index (κ2) is 5.05. The van der Waals surface area contributed by atoms with E-state index in [1.54, 1.807) is 17.6 Å². The van der Waals surface area contributed by atoms with Crippen molar-refractivity contribution in [3.05, 3.63) is 46.7 Å². The molecule has 1 aromatic heterocycles. The highest BCUT2D eigenvalue weighted by Gasteiger charge is 2.06. The molecule has 2 aromatic rings. The number of benzene rings is 1. The predicted octanol–water partition coefficient (Wildman–Crippen LogP) is 2.26. The molecule has 3 nitrogen and oxygen atoms in total. The van der Waals surface area contributed by atoms with Crippen molar-refractivity contribution in [1.82, 2.24) is 4.98 Å². The fourth-order valence-corrected chi connectivity index (χ4v) is 1.90. The van der Waals surface area contributed by atoms with Crippen LogP contribution >= 0.6 is 11.3 Å². The van der Waals surface area contributed by atoms with Crippen LogP contribution in [0.4, 0.5) is 10.1 Å². The Bertz CT molecular complexity index is 430. The molecule has 1 unspecified atom stereocenters. The minimum Gasteiger partial charge on any atom is -0.373 e. The zero-order valence-electron chi connectivity index (χ0n) is 8.43. The molecule has 0 fully saturated rings. The lowest BCUT2D eigenvalue weighted by atomic mass is 10.2. The summed E-state index contributed by atoms with van der Waals surface area (Å²) < 4.78 is 12.6. The molecule has 0 aliphatic carbocycles. The Balaban J connectivity index is 1.92. The van der Waals surface area contributed by atoms with Crippen molar-refractivity contribution in [1.29, 1.82) is 0 Å². The van der Waals surface area contributed by atoms with E-state index in [1.807, 2.05) is 5.38 Å². The second-order valence-electron chi connectivity index (χ2n) is 3.35.